The van der Waals surface area contributed by atoms with Crippen molar-refractivity contribution in [2.75, 3.05) is 51.3 Å². The average molecular weight is 591 g/mol. The van der Waals surface area contributed by atoms with Crippen LogP contribution < -0.4 is 10.0 Å². The SMILES string of the molecule is C=CC(=C)OCCN1CCN(C(=O)Nc2cccc(-c3ccc(S(=O)(=O)NC(CCO)c4ccccc4)cc3)c2)CC1. The Morgan fingerprint density at radius 3 is 2.36 bits per heavy atom. The molecule has 42 heavy (non-hydrogen) atoms. The first-order valence-electron chi connectivity index (χ1n) is 13.9. The number of aliphatic hydroxyl groups is 1. The van der Waals surface area contributed by atoms with Gasteiger partial charge in [0.15, 0.2) is 0 Å². The minimum absolute atomic E-state index is 0.130. The second kappa shape index (κ2) is 14.8. The maximum atomic E-state index is 13.1. The van der Waals surface area contributed by atoms with Gasteiger partial charge in [0.2, 0.25) is 10.0 Å². The van der Waals surface area contributed by atoms with Gasteiger partial charge in [-0.2, -0.15) is 0 Å². The summed E-state index contributed by atoms with van der Waals surface area (Å²) < 4.78 is 34.4. The number of benzene rings is 3. The number of carbonyl (C=O) groups is 1. The Morgan fingerprint density at radius 2 is 1.69 bits per heavy atom. The number of hydrogen-bond acceptors (Lipinski definition) is 6. The van der Waals surface area contributed by atoms with Crippen molar-refractivity contribution >= 4 is 21.7 Å². The Morgan fingerprint density at radius 1 is 0.976 bits per heavy atom. The topological polar surface area (TPSA) is 111 Å². The quantitative estimate of drug-likeness (QED) is 0.198. The molecule has 1 atom stereocenters. The second-order valence-corrected chi connectivity index (χ2v) is 11.7. The van der Waals surface area contributed by atoms with Gasteiger partial charge in [0, 0.05) is 51.1 Å². The van der Waals surface area contributed by atoms with Crippen LogP contribution in [0.1, 0.15) is 18.0 Å². The third kappa shape index (κ3) is 8.53. The van der Waals surface area contributed by atoms with E-state index in [4.69, 9.17) is 4.74 Å². The predicted octanol–water partition coefficient (Wildman–Crippen LogP) is 4.62. The second-order valence-electron chi connectivity index (χ2n) is 9.98. The number of hydrogen-bond donors (Lipinski definition) is 3. The summed E-state index contributed by atoms with van der Waals surface area (Å²) in [5, 5.41) is 12.4. The van der Waals surface area contributed by atoms with E-state index >= 15 is 0 Å². The van der Waals surface area contributed by atoms with Crippen LogP contribution in [0, 0.1) is 0 Å². The lowest BCUT2D eigenvalue weighted by atomic mass is 10.1. The molecule has 0 spiro atoms. The predicted molar refractivity (Wildman–Crippen MR) is 165 cm³/mol. The van der Waals surface area contributed by atoms with Gasteiger partial charge in [-0.05, 0) is 53.5 Å². The average Bonchev–Trinajstić information content (AvgIpc) is 3.01. The number of anilines is 1. The molecular weight excluding hydrogens is 552 g/mol. The third-order valence-electron chi connectivity index (χ3n) is 7.11. The number of aliphatic hydroxyl groups excluding tert-OH is 1. The molecule has 2 amide bonds. The number of allylic oxidation sites excluding steroid dienone is 1. The first-order valence-corrected chi connectivity index (χ1v) is 15.4. The van der Waals surface area contributed by atoms with Crippen molar-refractivity contribution < 1.29 is 23.1 Å². The van der Waals surface area contributed by atoms with E-state index < -0.39 is 16.1 Å². The van der Waals surface area contributed by atoms with Crippen LogP contribution in [-0.4, -0.2) is 75.3 Å². The number of nitrogens with one attached hydrogen (secondary N) is 2. The van der Waals surface area contributed by atoms with Gasteiger partial charge in [-0.15, -0.1) is 0 Å². The summed E-state index contributed by atoms with van der Waals surface area (Å²) in [5.41, 5.74) is 3.10. The number of rotatable bonds is 13. The van der Waals surface area contributed by atoms with E-state index in [0.717, 1.165) is 36.3 Å². The summed E-state index contributed by atoms with van der Waals surface area (Å²) in [6, 6.07) is 22.5. The highest BCUT2D eigenvalue weighted by Crippen LogP contribution is 2.26. The lowest BCUT2D eigenvalue weighted by Crippen LogP contribution is -2.50. The van der Waals surface area contributed by atoms with Crippen LogP contribution >= 0.6 is 0 Å². The molecule has 0 bridgehead atoms. The lowest BCUT2D eigenvalue weighted by Gasteiger charge is -2.34. The molecule has 0 aromatic heterocycles. The summed E-state index contributed by atoms with van der Waals surface area (Å²) >= 11 is 0. The van der Waals surface area contributed by atoms with Gasteiger partial charge >= 0.3 is 6.03 Å². The highest BCUT2D eigenvalue weighted by Gasteiger charge is 2.22. The molecule has 0 radical (unpaired) electrons. The summed E-state index contributed by atoms with van der Waals surface area (Å²) in [5.74, 6) is 0.555. The monoisotopic (exact) mass is 590 g/mol. The van der Waals surface area contributed by atoms with Crippen molar-refractivity contribution in [2.45, 2.75) is 17.4 Å². The third-order valence-corrected chi connectivity index (χ3v) is 8.60. The molecule has 1 saturated heterocycles. The molecule has 1 fully saturated rings. The fraction of sp³-hybridized carbons (Fsp3) is 0.281. The number of ether oxygens (including phenoxy) is 1. The number of amides is 2. The van der Waals surface area contributed by atoms with Gasteiger partial charge in [0.25, 0.3) is 0 Å². The largest absolute Gasteiger partial charge is 0.493 e. The number of urea groups is 1. The van der Waals surface area contributed by atoms with Gasteiger partial charge < -0.3 is 20.1 Å². The van der Waals surface area contributed by atoms with E-state index in [1.165, 1.54) is 0 Å². The van der Waals surface area contributed by atoms with Gasteiger partial charge in [-0.25, -0.2) is 17.9 Å². The molecule has 1 unspecified atom stereocenters. The molecule has 3 N–H and O–H groups in total. The van der Waals surface area contributed by atoms with Crippen LogP contribution in [0.15, 0.2) is 109 Å². The number of sulfonamides is 1. The maximum absolute atomic E-state index is 13.1. The normalized spacial score (nSPS) is 14.6. The summed E-state index contributed by atoms with van der Waals surface area (Å²) in [6.07, 6.45) is 1.84. The summed E-state index contributed by atoms with van der Waals surface area (Å²) in [6.45, 7) is 11.3. The van der Waals surface area contributed by atoms with E-state index in [1.54, 1.807) is 35.2 Å². The van der Waals surface area contributed by atoms with Crippen LogP contribution in [-0.2, 0) is 14.8 Å². The van der Waals surface area contributed by atoms with Gasteiger partial charge in [-0.3, -0.25) is 4.90 Å². The molecule has 222 valence electrons. The molecule has 0 aliphatic carbocycles. The molecule has 4 rings (SSSR count). The van der Waals surface area contributed by atoms with Crippen molar-refractivity contribution in [3.8, 4) is 11.1 Å². The van der Waals surface area contributed by atoms with Crippen molar-refractivity contribution in [1.82, 2.24) is 14.5 Å². The Kier molecular flexibility index (Phi) is 10.9. The van der Waals surface area contributed by atoms with Crippen LogP contribution in [0.25, 0.3) is 11.1 Å². The van der Waals surface area contributed by atoms with Gasteiger partial charge in [0.1, 0.15) is 12.4 Å². The Hall–Kier alpha value is -3.96. The van der Waals surface area contributed by atoms with Gasteiger partial charge in [0.05, 0.1) is 4.90 Å². The van der Waals surface area contributed by atoms with E-state index in [0.29, 0.717) is 31.1 Å². The van der Waals surface area contributed by atoms with Crippen molar-refractivity contribution in [1.29, 1.82) is 0 Å². The fourth-order valence-electron chi connectivity index (χ4n) is 4.71. The minimum Gasteiger partial charge on any atom is -0.493 e. The standard InChI is InChI=1S/C32H38N4O5S/c1-3-25(2)41-23-21-35-17-19-36(20-18-35)32(38)33-29-11-7-10-28(24-29)26-12-14-30(15-13-26)42(39,40)34-31(16-22-37)27-8-5-4-6-9-27/h3-15,24,31,34,37H,1-2,16-23H2,(H,33,38). The van der Waals surface area contributed by atoms with Crippen molar-refractivity contribution in [3.63, 3.8) is 0 Å². The molecule has 3 aromatic carbocycles. The summed E-state index contributed by atoms with van der Waals surface area (Å²) in [4.78, 5) is 17.1. The minimum atomic E-state index is -3.82. The van der Waals surface area contributed by atoms with E-state index in [-0.39, 0.29) is 24.0 Å². The van der Waals surface area contributed by atoms with E-state index in [1.807, 2.05) is 54.6 Å². The molecule has 9 nitrogen and oxygen atoms in total. The number of piperazine rings is 1. The highest BCUT2D eigenvalue weighted by atomic mass is 32.2. The zero-order valence-electron chi connectivity index (χ0n) is 23.6. The van der Waals surface area contributed by atoms with E-state index in [9.17, 15) is 18.3 Å². The van der Waals surface area contributed by atoms with Crippen LogP contribution in [0.4, 0.5) is 10.5 Å². The number of nitrogens with zero attached hydrogens (tertiary/aromatic N) is 2. The van der Waals surface area contributed by atoms with Crippen LogP contribution in [0.2, 0.25) is 0 Å². The molecular formula is C32H38N4O5S. The molecule has 1 aliphatic rings. The summed E-state index contributed by atoms with van der Waals surface area (Å²) in [7, 11) is -3.82. The molecule has 0 saturated carbocycles. The highest BCUT2D eigenvalue weighted by molar-refractivity contribution is 7.89. The molecule has 3 aromatic rings. The first-order chi connectivity index (χ1) is 20.3. The Labute approximate surface area is 248 Å². The molecule has 10 heteroatoms. The Bertz CT molecular complexity index is 1450. The Balaban J connectivity index is 1.34. The maximum Gasteiger partial charge on any atom is 0.321 e. The zero-order chi connectivity index (χ0) is 30.0. The zero-order valence-corrected chi connectivity index (χ0v) is 24.4. The first kappa shape index (κ1) is 31.0. The number of carbonyl (C=O) groups excluding carboxylic acids is 1. The van der Waals surface area contributed by atoms with Crippen molar-refractivity contribution in [2.24, 2.45) is 0 Å². The smallest absolute Gasteiger partial charge is 0.321 e. The van der Waals surface area contributed by atoms with E-state index in [2.05, 4.69) is 28.1 Å². The fourth-order valence-corrected chi connectivity index (χ4v) is 5.97. The molecule has 1 aliphatic heterocycles. The van der Waals surface area contributed by atoms with Crippen molar-refractivity contribution in [3.05, 3.63) is 109 Å². The van der Waals surface area contributed by atoms with Gasteiger partial charge in [-0.1, -0.05) is 67.8 Å². The van der Waals surface area contributed by atoms with Crippen LogP contribution in [0.5, 0.6) is 0 Å². The van der Waals surface area contributed by atoms with Crippen LogP contribution in [0.3, 0.4) is 0 Å². The molecule has 1 heterocycles. The lowest BCUT2D eigenvalue weighted by molar-refractivity contribution is 0.117.